The molecule has 18 heavy (non-hydrogen) atoms. The van der Waals surface area contributed by atoms with Crippen LogP contribution in [-0.4, -0.2) is 49.2 Å². The molecule has 0 aromatic heterocycles. The van der Waals surface area contributed by atoms with Gasteiger partial charge in [0.2, 0.25) is 0 Å². The van der Waals surface area contributed by atoms with Crippen LogP contribution in [0.2, 0.25) is 0 Å². The fourth-order valence-electron chi connectivity index (χ4n) is 2.26. The lowest BCUT2D eigenvalue weighted by Crippen LogP contribution is -2.30. The van der Waals surface area contributed by atoms with Crippen molar-refractivity contribution >= 4 is 5.97 Å². The van der Waals surface area contributed by atoms with E-state index in [2.05, 4.69) is 17.1 Å². The van der Waals surface area contributed by atoms with Crippen LogP contribution in [0.15, 0.2) is 0 Å². The Hall–Kier alpha value is -0.610. The zero-order valence-corrected chi connectivity index (χ0v) is 12.3. The molecule has 1 rings (SSSR count). The van der Waals surface area contributed by atoms with Crippen molar-refractivity contribution in [1.29, 1.82) is 0 Å². The Balaban J connectivity index is 2.04. The molecule has 4 nitrogen and oxygen atoms in total. The quantitative estimate of drug-likeness (QED) is 0.579. The van der Waals surface area contributed by atoms with E-state index in [0.717, 1.165) is 25.6 Å². The van der Waals surface area contributed by atoms with Gasteiger partial charge >= 0.3 is 5.97 Å². The van der Waals surface area contributed by atoms with Crippen LogP contribution in [0, 0.1) is 5.92 Å². The highest BCUT2D eigenvalue weighted by Gasteiger charge is 2.20. The summed E-state index contributed by atoms with van der Waals surface area (Å²) in [4.78, 5) is 14.0. The van der Waals surface area contributed by atoms with Crippen molar-refractivity contribution in [3.8, 4) is 0 Å². The highest BCUT2D eigenvalue weighted by Crippen LogP contribution is 2.14. The maximum atomic E-state index is 11.5. The maximum Gasteiger partial charge on any atom is 0.307 e. The van der Waals surface area contributed by atoms with Crippen LogP contribution < -0.4 is 5.32 Å². The number of rotatable bonds is 6. The van der Waals surface area contributed by atoms with E-state index in [4.69, 9.17) is 4.74 Å². The first-order valence-electron chi connectivity index (χ1n) is 7.05. The maximum absolute atomic E-state index is 11.5. The summed E-state index contributed by atoms with van der Waals surface area (Å²) in [5, 5.41) is 3.36. The molecule has 1 saturated heterocycles. The first-order valence-corrected chi connectivity index (χ1v) is 7.05. The summed E-state index contributed by atoms with van der Waals surface area (Å²) in [6, 6.07) is 0. The van der Waals surface area contributed by atoms with Gasteiger partial charge in [-0.05, 0) is 52.7 Å². The molecule has 1 atom stereocenters. The largest absolute Gasteiger partial charge is 0.460 e. The monoisotopic (exact) mass is 256 g/mol. The van der Waals surface area contributed by atoms with Gasteiger partial charge in [-0.1, -0.05) is 6.92 Å². The van der Waals surface area contributed by atoms with Crippen molar-refractivity contribution in [2.24, 2.45) is 5.92 Å². The van der Waals surface area contributed by atoms with Crippen molar-refractivity contribution < 1.29 is 9.53 Å². The molecule has 0 radical (unpaired) electrons. The molecule has 0 bridgehead atoms. The third kappa shape index (κ3) is 6.36. The van der Waals surface area contributed by atoms with Gasteiger partial charge in [0.25, 0.3) is 0 Å². The number of nitrogens with zero attached hydrogens (tertiary/aromatic N) is 1. The van der Waals surface area contributed by atoms with E-state index in [1.54, 1.807) is 0 Å². The van der Waals surface area contributed by atoms with Crippen LogP contribution in [0.4, 0.5) is 0 Å². The summed E-state index contributed by atoms with van der Waals surface area (Å²) in [6.07, 6.45) is 1.73. The average Bonchev–Trinajstić information content (AvgIpc) is 2.70. The Kier molecular flexibility index (Phi) is 6.09. The minimum absolute atomic E-state index is 0.114. The second-order valence-corrected chi connectivity index (χ2v) is 6.09. The summed E-state index contributed by atoms with van der Waals surface area (Å²) >= 11 is 0. The Bertz CT molecular complexity index is 261. The molecule has 0 aliphatic carbocycles. The minimum atomic E-state index is -0.371. The number of hydrogen-bond acceptors (Lipinski definition) is 4. The van der Waals surface area contributed by atoms with E-state index in [-0.39, 0.29) is 11.6 Å². The van der Waals surface area contributed by atoms with E-state index in [1.165, 1.54) is 19.5 Å². The number of esters is 1. The fourth-order valence-corrected chi connectivity index (χ4v) is 2.26. The van der Waals surface area contributed by atoms with Gasteiger partial charge in [0.15, 0.2) is 0 Å². The Labute approximate surface area is 111 Å². The Morgan fingerprint density at radius 3 is 2.72 bits per heavy atom. The zero-order valence-electron chi connectivity index (χ0n) is 12.3. The highest BCUT2D eigenvalue weighted by molar-refractivity contribution is 5.70. The average molecular weight is 256 g/mol. The lowest BCUT2D eigenvalue weighted by Gasteiger charge is -2.19. The van der Waals surface area contributed by atoms with Crippen LogP contribution in [0.25, 0.3) is 0 Å². The van der Waals surface area contributed by atoms with Crippen molar-refractivity contribution in [2.75, 3.05) is 32.7 Å². The second-order valence-electron chi connectivity index (χ2n) is 6.09. The summed E-state index contributed by atoms with van der Waals surface area (Å²) in [5.74, 6) is 0.625. The Morgan fingerprint density at radius 2 is 2.17 bits per heavy atom. The van der Waals surface area contributed by atoms with Crippen molar-refractivity contribution in [3.63, 3.8) is 0 Å². The number of likely N-dealkylation sites (tertiary alicyclic amines) is 1. The molecule has 1 unspecified atom stereocenters. The molecule has 0 aromatic carbocycles. The van der Waals surface area contributed by atoms with Gasteiger partial charge in [-0.25, -0.2) is 0 Å². The molecule has 4 heteroatoms. The van der Waals surface area contributed by atoms with E-state index in [9.17, 15) is 4.79 Å². The van der Waals surface area contributed by atoms with Gasteiger partial charge in [0, 0.05) is 13.1 Å². The normalized spacial score (nSPS) is 21.2. The first-order chi connectivity index (χ1) is 8.40. The van der Waals surface area contributed by atoms with Gasteiger partial charge in [-0.3, -0.25) is 4.79 Å². The molecule has 0 saturated carbocycles. The lowest BCUT2D eigenvalue weighted by atomic mass is 10.1. The van der Waals surface area contributed by atoms with Crippen molar-refractivity contribution in [3.05, 3.63) is 0 Å². The smallest absolute Gasteiger partial charge is 0.307 e. The van der Waals surface area contributed by atoms with Gasteiger partial charge in [0.1, 0.15) is 5.60 Å². The summed E-state index contributed by atoms with van der Waals surface area (Å²) in [6.45, 7) is 13.2. The molecule has 1 fully saturated rings. The zero-order chi connectivity index (χ0) is 13.6. The number of ether oxygens (including phenoxy) is 1. The van der Waals surface area contributed by atoms with E-state index in [1.807, 2.05) is 20.8 Å². The van der Waals surface area contributed by atoms with Crippen molar-refractivity contribution in [1.82, 2.24) is 10.2 Å². The summed E-state index contributed by atoms with van der Waals surface area (Å²) in [5.41, 5.74) is -0.371. The molecule has 1 N–H and O–H groups in total. The molecule has 106 valence electrons. The summed E-state index contributed by atoms with van der Waals surface area (Å²) < 4.78 is 5.26. The van der Waals surface area contributed by atoms with Crippen molar-refractivity contribution in [2.45, 2.75) is 46.1 Å². The van der Waals surface area contributed by atoms with Crippen LogP contribution in [-0.2, 0) is 9.53 Å². The minimum Gasteiger partial charge on any atom is -0.460 e. The van der Waals surface area contributed by atoms with Gasteiger partial charge in [-0.15, -0.1) is 0 Å². The van der Waals surface area contributed by atoms with Gasteiger partial charge in [-0.2, -0.15) is 0 Å². The van der Waals surface area contributed by atoms with E-state index in [0.29, 0.717) is 6.42 Å². The number of carbonyl (C=O) groups excluding carboxylic acids is 1. The SMILES string of the molecule is CCN1CCC(CNCCC(=O)OC(C)(C)C)C1. The Morgan fingerprint density at radius 1 is 1.44 bits per heavy atom. The number of hydrogen-bond donors (Lipinski definition) is 1. The first kappa shape index (κ1) is 15.4. The molecule has 0 amide bonds. The van der Waals surface area contributed by atoms with Crippen LogP contribution in [0.5, 0.6) is 0 Å². The molecule has 1 aliphatic rings. The van der Waals surface area contributed by atoms with Gasteiger partial charge < -0.3 is 15.0 Å². The van der Waals surface area contributed by atoms with Crippen LogP contribution >= 0.6 is 0 Å². The number of carbonyl (C=O) groups is 1. The summed E-state index contributed by atoms with van der Waals surface area (Å²) in [7, 11) is 0. The molecular formula is C14H28N2O2. The highest BCUT2D eigenvalue weighted by atomic mass is 16.6. The predicted molar refractivity (Wildman–Crippen MR) is 73.6 cm³/mol. The predicted octanol–water partition coefficient (Wildman–Crippen LogP) is 1.65. The molecule has 0 aromatic rings. The molecular weight excluding hydrogens is 228 g/mol. The molecule has 1 heterocycles. The standard InChI is InChI=1S/C14H28N2O2/c1-5-16-9-7-12(11-16)10-15-8-6-13(17)18-14(2,3)4/h12,15H,5-11H2,1-4H3. The second kappa shape index (κ2) is 7.10. The fraction of sp³-hybridized carbons (Fsp3) is 0.929. The van der Waals surface area contributed by atoms with E-state index < -0.39 is 0 Å². The third-order valence-electron chi connectivity index (χ3n) is 3.18. The van der Waals surface area contributed by atoms with E-state index >= 15 is 0 Å². The molecule has 0 spiro atoms. The lowest BCUT2D eigenvalue weighted by molar-refractivity contribution is -0.154. The van der Waals surface area contributed by atoms with Gasteiger partial charge in [0.05, 0.1) is 6.42 Å². The third-order valence-corrected chi connectivity index (χ3v) is 3.18. The number of nitrogens with one attached hydrogen (secondary N) is 1. The molecule has 1 aliphatic heterocycles. The van der Waals surface area contributed by atoms with Crippen LogP contribution in [0.3, 0.4) is 0 Å². The van der Waals surface area contributed by atoms with Crippen LogP contribution in [0.1, 0.15) is 40.5 Å². The topological polar surface area (TPSA) is 41.6 Å².